The van der Waals surface area contributed by atoms with Crippen molar-refractivity contribution in [1.82, 2.24) is 0 Å². The van der Waals surface area contributed by atoms with Crippen LogP contribution in [0.15, 0.2) is 72.8 Å². The van der Waals surface area contributed by atoms with Crippen LogP contribution in [0.3, 0.4) is 0 Å². The predicted molar refractivity (Wildman–Crippen MR) is 101 cm³/mol. The fourth-order valence-electron chi connectivity index (χ4n) is 3.52. The monoisotopic (exact) mass is 312 g/mol. The molecule has 116 valence electrons. The predicted octanol–water partition coefficient (Wildman–Crippen LogP) is 3.65. The number of fused-ring (bicyclic) bond motifs is 2. The lowest BCUT2D eigenvalue weighted by Crippen LogP contribution is -2.31. The fraction of sp³-hybridized carbons (Fsp3) is 0.0476. The zero-order valence-electron chi connectivity index (χ0n) is 13.4. The average Bonchev–Trinajstić information content (AvgIpc) is 2.60. The highest BCUT2D eigenvalue weighted by atomic mass is 16.4. The zero-order valence-corrected chi connectivity index (χ0v) is 13.4. The van der Waals surface area contributed by atoms with Crippen LogP contribution >= 0.6 is 0 Å². The number of aryl methyl sites for hydroxylation is 1. The van der Waals surface area contributed by atoms with E-state index in [1.54, 1.807) is 0 Å². The van der Waals surface area contributed by atoms with E-state index in [1.165, 1.54) is 0 Å². The SMILES string of the molecule is Cc1ccc2c(B(O)O)c3ccccc3c(-c3ccccc3)c2c1. The molecule has 0 aliphatic carbocycles. The molecule has 0 saturated carbocycles. The van der Waals surface area contributed by atoms with Gasteiger partial charge in [-0.2, -0.15) is 0 Å². The third kappa shape index (κ3) is 2.30. The summed E-state index contributed by atoms with van der Waals surface area (Å²) in [5.74, 6) is 0. The maximum Gasteiger partial charge on any atom is 0.489 e. The van der Waals surface area contributed by atoms with Gasteiger partial charge in [-0.3, -0.25) is 0 Å². The largest absolute Gasteiger partial charge is 0.489 e. The highest BCUT2D eigenvalue weighted by Gasteiger charge is 2.22. The highest BCUT2D eigenvalue weighted by molar-refractivity contribution is 6.66. The minimum atomic E-state index is -1.51. The molecule has 0 bridgehead atoms. The maximum atomic E-state index is 10.0. The average molecular weight is 312 g/mol. The smallest absolute Gasteiger partial charge is 0.423 e. The molecule has 3 heteroatoms. The second-order valence-corrected chi connectivity index (χ2v) is 6.12. The molecule has 0 heterocycles. The van der Waals surface area contributed by atoms with E-state index in [-0.39, 0.29) is 0 Å². The Kier molecular flexibility index (Phi) is 3.60. The Morgan fingerprint density at radius 3 is 2.00 bits per heavy atom. The summed E-state index contributed by atoms with van der Waals surface area (Å²) in [5.41, 5.74) is 3.98. The van der Waals surface area contributed by atoms with Crippen molar-refractivity contribution >= 4 is 34.1 Å². The van der Waals surface area contributed by atoms with Gasteiger partial charge in [-0.15, -0.1) is 0 Å². The van der Waals surface area contributed by atoms with Crippen LogP contribution in [-0.2, 0) is 0 Å². The van der Waals surface area contributed by atoms with Gasteiger partial charge in [0, 0.05) is 0 Å². The van der Waals surface area contributed by atoms with Crippen molar-refractivity contribution in [3.8, 4) is 11.1 Å². The van der Waals surface area contributed by atoms with E-state index in [4.69, 9.17) is 0 Å². The Hall–Kier alpha value is -2.62. The summed E-state index contributed by atoms with van der Waals surface area (Å²) in [5, 5.41) is 23.8. The van der Waals surface area contributed by atoms with Crippen LogP contribution < -0.4 is 5.46 Å². The lowest BCUT2D eigenvalue weighted by molar-refractivity contribution is 0.426. The number of rotatable bonds is 2. The quantitative estimate of drug-likeness (QED) is 0.438. The third-order valence-electron chi connectivity index (χ3n) is 4.54. The van der Waals surface area contributed by atoms with Crippen molar-refractivity contribution in [3.05, 3.63) is 78.4 Å². The van der Waals surface area contributed by atoms with Gasteiger partial charge in [0.2, 0.25) is 0 Å². The first-order chi connectivity index (χ1) is 11.7. The second-order valence-electron chi connectivity index (χ2n) is 6.12. The Morgan fingerprint density at radius 2 is 1.29 bits per heavy atom. The summed E-state index contributed by atoms with van der Waals surface area (Å²) in [4.78, 5) is 0. The highest BCUT2D eigenvalue weighted by Crippen LogP contribution is 2.35. The van der Waals surface area contributed by atoms with Gasteiger partial charge < -0.3 is 10.0 Å². The van der Waals surface area contributed by atoms with Gasteiger partial charge in [-0.25, -0.2) is 0 Å². The molecule has 0 saturated heterocycles. The molecule has 4 aromatic carbocycles. The first kappa shape index (κ1) is 14.9. The molecule has 0 aliphatic rings. The molecule has 4 aromatic rings. The summed E-state index contributed by atoms with van der Waals surface area (Å²) >= 11 is 0. The maximum absolute atomic E-state index is 10.0. The van der Waals surface area contributed by atoms with Gasteiger partial charge in [-0.05, 0) is 45.1 Å². The van der Waals surface area contributed by atoms with Gasteiger partial charge in [0.15, 0.2) is 0 Å². The minimum Gasteiger partial charge on any atom is -0.423 e. The minimum absolute atomic E-state index is 0.570. The van der Waals surface area contributed by atoms with Crippen molar-refractivity contribution < 1.29 is 10.0 Å². The van der Waals surface area contributed by atoms with Crippen LogP contribution in [0, 0.1) is 6.92 Å². The summed E-state index contributed by atoms with van der Waals surface area (Å²) in [6.45, 7) is 2.05. The Morgan fingerprint density at radius 1 is 0.667 bits per heavy atom. The fourth-order valence-corrected chi connectivity index (χ4v) is 3.52. The topological polar surface area (TPSA) is 40.5 Å². The molecule has 0 spiro atoms. The van der Waals surface area contributed by atoms with Gasteiger partial charge >= 0.3 is 7.12 Å². The molecule has 2 nitrogen and oxygen atoms in total. The summed E-state index contributed by atoms with van der Waals surface area (Å²) < 4.78 is 0. The Balaban J connectivity index is 2.28. The van der Waals surface area contributed by atoms with Crippen molar-refractivity contribution in [2.75, 3.05) is 0 Å². The van der Waals surface area contributed by atoms with Crippen LogP contribution in [0.4, 0.5) is 0 Å². The van der Waals surface area contributed by atoms with Crippen LogP contribution in [0.2, 0.25) is 0 Å². The van der Waals surface area contributed by atoms with E-state index in [2.05, 4.69) is 25.1 Å². The Labute approximate surface area is 141 Å². The standard InChI is InChI=1S/C21H17BO2/c1-14-11-12-18-19(13-14)20(15-7-3-2-4-8-15)16-9-5-6-10-17(16)21(18)22(23)24/h2-13,23-24H,1H3. The first-order valence-electron chi connectivity index (χ1n) is 8.03. The van der Waals surface area contributed by atoms with Gasteiger partial charge in [0.1, 0.15) is 0 Å². The van der Waals surface area contributed by atoms with Crippen molar-refractivity contribution in [2.24, 2.45) is 0 Å². The van der Waals surface area contributed by atoms with Gasteiger partial charge in [0.25, 0.3) is 0 Å². The lowest BCUT2D eigenvalue weighted by atomic mass is 9.72. The van der Waals surface area contributed by atoms with Crippen LogP contribution in [0.1, 0.15) is 5.56 Å². The molecule has 0 amide bonds. The molecule has 4 rings (SSSR count). The first-order valence-corrected chi connectivity index (χ1v) is 8.03. The molecule has 0 aliphatic heterocycles. The number of hydrogen-bond acceptors (Lipinski definition) is 2. The van der Waals surface area contributed by atoms with Gasteiger partial charge in [0.05, 0.1) is 0 Å². The van der Waals surface area contributed by atoms with Crippen LogP contribution in [0.5, 0.6) is 0 Å². The zero-order chi connectivity index (χ0) is 16.7. The van der Waals surface area contributed by atoms with Crippen molar-refractivity contribution in [3.63, 3.8) is 0 Å². The van der Waals surface area contributed by atoms with Crippen LogP contribution in [0.25, 0.3) is 32.7 Å². The number of hydrogen-bond donors (Lipinski definition) is 2. The number of benzene rings is 4. The molecule has 2 N–H and O–H groups in total. The van der Waals surface area contributed by atoms with Crippen molar-refractivity contribution in [2.45, 2.75) is 6.92 Å². The van der Waals surface area contributed by atoms with E-state index in [0.29, 0.717) is 5.46 Å². The summed E-state index contributed by atoms with van der Waals surface area (Å²) in [6.07, 6.45) is 0. The van der Waals surface area contributed by atoms with Crippen molar-refractivity contribution in [1.29, 1.82) is 0 Å². The van der Waals surface area contributed by atoms with E-state index < -0.39 is 7.12 Å². The molecular formula is C21H17BO2. The molecule has 0 radical (unpaired) electrons. The summed E-state index contributed by atoms with van der Waals surface area (Å²) in [7, 11) is -1.51. The molecule has 0 atom stereocenters. The van der Waals surface area contributed by atoms with E-state index in [1.807, 2.05) is 54.6 Å². The summed E-state index contributed by atoms with van der Waals surface area (Å²) in [6, 6.07) is 24.3. The van der Waals surface area contributed by atoms with E-state index >= 15 is 0 Å². The molecule has 0 unspecified atom stereocenters. The van der Waals surface area contributed by atoms with Crippen LogP contribution in [-0.4, -0.2) is 17.2 Å². The molecule has 0 fully saturated rings. The lowest BCUT2D eigenvalue weighted by Gasteiger charge is -2.17. The van der Waals surface area contributed by atoms with E-state index in [9.17, 15) is 10.0 Å². The molecular weight excluding hydrogens is 295 g/mol. The Bertz CT molecular complexity index is 1040. The molecule has 0 aromatic heterocycles. The second kappa shape index (κ2) is 5.79. The molecule has 24 heavy (non-hydrogen) atoms. The normalized spacial score (nSPS) is 11.1. The van der Waals surface area contributed by atoms with Gasteiger partial charge in [-0.1, -0.05) is 78.4 Å². The van der Waals surface area contributed by atoms with E-state index in [0.717, 1.165) is 38.2 Å². The third-order valence-corrected chi connectivity index (χ3v) is 4.54.